The molecule has 180 valence electrons. The van der Waals surface area contributed by atoms with Gasteiger partial charge in [-0.2, -0.15) is 26.3 Å². The summed E-state index contributed by atoms with van der Waals surface area (Å²) in [4.78, 5) is 13.5. The van der Waals surface area contributed by atoms with Crippen molar-refractivity contribution in [2.24, 2.45) is 0 Å². The normalized spacial score (nSPS) is 12.5. The van der Waals surface area contributed by atoms with Gasteiger partial charge in [-0.15, -0.1) is 6.58 Å². The molecule has 0 spiro atoms. The summed E-state index contributed by atoms with van der Waals surface area (Å²) < 4.78 is 107. The highest BCUT2D eigenvalue weighted by Gasteiger charge is 2.73. The molecule has 0 saturated heterocycles. The molecule has 0 atom stereocenters. The molecule has 0 saturated carbocycles. The summed E-state index contributed by atoms with van der Waals surface area (Å²) in [5.74, 6) is -1.99. The number of nitrogens with one attached hydrogen (secondary N) is 1. The van der Waals surface area contributed by atoms with E-state index in [2.05, 4.69) is 27.8 Å². The van der Waals surface area contributed by atoms with Gasteiger partial charge in [0.2, 0.25) is 0 Å². The van der Waals surface area contributed by atoms with E-state index in [-0.39, 0.29) is 24.4 Å². The molecule has 2 rings (SSSR count). The SMILES string of the molecule is C=CCNc1cccc(C(=O)N(C)c2c(Cl)cc(C(F)(C(F)(F)F)C(F)(F)F)cc2Br)c1F. The van der Waals surface area contributed by atoms with Crippen LogP contribution in [0.15, 0.2) is 47.5 Å². The highest BCUT2D eigenvalue weighted by molar-refractivity contribution is 9.10. The molecule has 0 aliphatic heterocycles. The Kier molecular flexibility index (Phi) is 7.74. The first-order valence-corrected chi connectivity index (χ1v) is 9.98. The monoisotopic (exact) mass is 564 g/mol. The number of anilines is 2. The number of halogens is 10. The molecule has 33 heavy (non-hydrogen) atoms. The van der Waals surface area contributed by atoms with Gasteiger partial charge in [0.05, 0.1) is 22.0 Å². The first-order chi connectivity index (χ1) is 15.1. The minimum Gasteiger partial charge on any atom is -0.379 e. The Bertz CT molecular complexity index is 1030. The van der Waals surface area contributed by atoms with Crippen molar-refractivity contribution in [3.05, 3.63) is 69.4 Å². The number of benzene rings is 2. The van der Waals surface area contributed by atoms with Gasteiger partial charge in [0.1, 0.15) is 0 Å². The van der Waals surface area contributed by atoms with Gasteiger partial charge in [0.15, 0.2) is 5.82 Å². The first-order valence-electron chi connectivity index (χ1n) is 8.81. The summed E-state index contributed by atoms with van der Waals surface area (Å²) in [5.41, 5.74) is -8.48. The number of hydrogen-bond donors (Lipinski definition) is 1. The lowest BCUT2D eigenvalue weighted by atomic mass is 9.94. The van der Waals surface area contributed by atoms with E-state index in [1.54, 1.807) is 0 Å². The Balaban J connectivity index is 2.55. The number of hydrogen-bond acceptors (Lipinski definition) is 2. The van der Waals surface area contributed by atoms with Crippen molar-refractivity contribution in [2.45, 2.75) is 18.0 Å². The number of nitrogens with zero attached hydrogens (tertiary/aromatic N) is 1. The fourth-order valence-electron chi connectivity index (χ4n) is 2.87. The topological polar surface area (TPSA) is 32.3 Å². The van der Waals surface area contributed by atoms with Crippen LogP contribution in [-0.2, 0) is 5.67 Å². The molecule has 0 bridgehead atoms. The van der Waals surface area contributed by atoms with E-state index >= 15 is 0 Å². The third-order valence-electron chi connectivity index (χ3n) is 4.50. The van der Waals surface area contributed by atoms with Crippen LogP contribution in [0.25, 0.3) is 0 Å². The zero-order valence-corrected chi connectivity index (χ0v) is 18.9. The van der Waals surface area contributed by atoms with Gasteiger partial charge < -0.3 is 10.2 Å². The quantitative estimate of drug-likeness (QED) is 0.292. The maximum Gasteiger partial charge on any atom is 0.435 e. The van der Waals surface area contributed by atoms with Crippen LogP contribution in [0.4, 0.5) is 46.5 Å². The molecule has 3 nitrogen and oxygen atoms in total. The molecular formula is C20H14BrClF8N2O. The molecule has 1 amide bonds. The maximum atomic E-state index is 14.7. The highest BCUT2D eigenvalue weighted by atomic mass is 79.9. The zero-order valence-electron chi connectivity index (χ0n) is 16.5. The molecule has 13 heteroatoms. The Hall–Kier alpha value is -2.34. The van der Waals surface area contributed by atoms with Crippen LogP contribution >= 0.6 is 27.5 Å². The van der Waals surface area contributed by atoms with Gasteiger partial charge in [-0.05, 0) is 40.2 Å². The number of rotatable bonds is 6. The van der Waals surface area contributed by atoms with Gasteiger partial charge in [0.25, 0.3) is 5.91 Å². The molecule has 0 heterocycles. The summed E-state index contributed by atoms with van der Waals surface area (Å²) in [6.45, 7) is 3.63. The van der Waals surface area contributed by atoms with E-state index in [0.717, 1.165) is 13.1 Å². The Labute approximate surface area is 196 Å². The van der Waals surface area contributed by atoms with Crippen molar-refractivity contribution in [3.8, 4) is 0 Å². The summed E-state index contributed by atoms with van der Waals surface area (Å²) in [6, 6.07) is 4.13. The molecule has 2 aromatic carbocycles. The largest absolute Gasteiger partial charge is 0.435 e. The lowest BCUT2D eigenvalue weighted by molar-refractivity contribution is -0.348. The average molecular weight is 566 g/mol. The fraction of sp³-hybridized carbons (Fsp3) is 0.250. The van der Waals surface area contributed by atoms with Crippen LogP contribution < -0.4 is 10.2 Å². The molecule has 0 unspecified atom stereocenters. The van der Waals surface area contributed by atoms with Gasteiger partial charge in [-0.1, -0.05) is 23.7 Å². The standard InChI is InChI=1S/C20H14BrClF8N2O/c1-3-7-31-14-6-4-5-11(15(14)23)17(33)32(2)16-12(21)8-10(9-13(16)22)18(24,19(25,26)27)20(28,29)30/h3-6,8-9,31H,1,7H2,2H3. The molecule has 0 aliphatic rings. The molecule has 0 radical (unpaired) electrons. The molecule has 2 aromatic rings. The van der Waals surface area contributed by atoms with Crippen molar-refractivity contribution in [1.82, 2.24) is 0 Å². The summed E-state index contributed by atoms with van der Waals surface area (Å²) in [6.07, 6.45) is -11.3. The molecule has 0 fully saturated rings. The lowest BCUT2D eigenvalue weighted by Gasteiger charge is -2.31. The van der Waals surface area contributed by atoms with Crippen molar-refractivity contribution in [3.63, 3.8) is 0 Å². The number of alkyl halides is 7. The van der Waals surface area contributed by atoms with Crippen molar-refractivity contribution < 1.29 is 39.9 Å². The minimum absolute atomic E-state index is 0.0489. The third kappa shape index (κ3) is 4.96. The van der Waals surface area contributed by atoms with Crippen LogP contribution in [0.5, 0.6) is 0 Å². The van der Waals surface area contributed by atoms with Gasteiger partial charge in [0, 0.05) is 23.6 Å². The zero-order chi connectivity index (χ0) is 25.4. The smallest absolute Gasteiger partial charge is 0.379 e. The van der Waals surface area contributed by atoms with Crippen LogP contribution in [0.2, 0.25) is 5.02 Å². The highest BCUT2D eigenvalue weighted by Crippen LogP contribution is 2.54. The van der Waals surface area contributed by atoms with Crippen LogP contribution in [0.3, 0.4) is 0 Å². The van der Waals surface area contributed by atoms with E-state index in [1.165, 1.54) is 18.2 Å². The lowest BCUT2D eigenvalue weighted by Crippen LogP contribution is -2.50. The summed E-state index contributed by atoms with van der Waals surface area (Å²) in [5, 5.41) is 1.84. The third-order valence-corrected chi connectivity index (χ3v) is 5.39. The summed E-state index contributed by atoms with van der Waals surface area (Å²) >= 11 is 8.60. The second-order valence-electron chi connectivity index (χ2n) is 6.64. The van der Waals surface area contributed by atoms with Gasteiger partial charge in [-0.25, -0.2) is 8.78 Å². The van der Waals surface area contributed by atoms with Gasteiger partial charge >= 0.3 is 18.0 Å². The Morgan fingerprint density at radius 2 is 1.73 bits per heavy atom. The van der Waals surface area contributed by atoms with Crippen LogP contribution in [0, 0.1) is 5.82 Å². The fourth-order valence-corrected chi connectivity index (χ4v) is 4.06. The van der Waals surface area contributed by atoms with Crippen molar-refractivity contribution in [2.75, 3.05) is 23.8 Å². The van der Waals surface area contributed by atoms with Gasteiger partial charge in [-0.3, -0.25) is 4.79 Å². The predicted octanol–water partition coefficient (Wildman–Crippen LogP) is 7.41. The van der Waals surface area contributed by atoms with Crippen LogP contribution in [-0.4, -0.2) is 31.9 Å². The first kappa shape index (κ1) is 26.9. The summed E-state index contributed by atoms with van der Waals surface area (Å²) in [7, 11) is 1.06. The molecular weight excluding hydrogens is 552 g/mol. The predicted molar refractivity (Wildman–Crippen MR) is 112 cm³/mol. The minimum atomic E-state index is -6.35. The number of carbonyl (C=O) groups excluding carboxylic acids is 1. The number of amides is 1. The molecule has 0 aromatic heterocycles. The molecule has 1 N–H and O–H groups in total. The second kappa shape index (κ2) is 9.49. The van der Waals surface area contributed by atoms with E-state index in [9.17, 15) is 39.9 Å². The average Bonchev–Trinajstić information content (AvgIpc) is 2.69. The number of carbonyl (C=O) groups is 1. The van der Waals surface area contributed by atoms with E-state index in [1.807, 2.05) is 0 Å². The Morgan fingerprint density at radius 3 is 2.21 bits per heavy atom. The van der Waals surface area contributed by atoms with E-state index in [0.29, 0.717) is 4.90 Å². The van der Waals surface area contributed by atoms with E-state index < -0.39 is 56.1 Å². The van der Waals surface area contributed by atoms with Crippen molar-refractivity contribution >= 4 is 44.8 Å². The molecule has 0 aliphatic carbocycles. The van der Waals surface area contributed by atoms with E-state index in [4.69, 9.17) is 11.6 Å². The van der Waals surface area contributed by atoms with Crippen molar-refractivity contribution in [1.29, 1.82) is 0 Å². The maximum absolute atomic E-state index is 14.7. The Morgan fingerprint density at radius 1 is 1.15 bits per heavy atom. The van der Waals surface area contributed by atoms with Crippen LogP contribution in [0.1, 0.15) is 15.9 Å². The second-order valence-corrected chi connectivity index (χ2v) is 7.90.